The number of benzene rings is 2. The van der Waals surface area contributed by atoms with E-state index in [0.29, 0.717) is 18.5 Å². The fraction of sp³-hybridized carbons (Fsp3) is 0.273. The van der Waals surface area contributed by atoms with E-state index in [1.165, 1.54) is 4.90 Å². The fourth-order valence-corrected chi connectivity index (χ4v) is 3.04. The van der Waals surface area contributed by atoms with Gasteiger partial charge in [0, 0.05) is 31.8 Å². The molecule has 0 saturated heterocycles. The summed E-state index contributed by atoms with van der Waals surface area (Å²) >= 11 is 0. The summed E-state index contributed by atoms with van der Waals surface area (Å²) in [5, 5.41) is 18.8. The zero-order chi connectivity index (χ0) is 23.8. The number of carboxylic acids is 1. The molecule has 170 valence electrons. The highest BCUT2D eigenvalue weighted by atomic mass is 16.4. The number of aliphatic hydroxyl groups excluding tert-OH is 1. The summed E-state index contributed by atoms with van der Waals surface area (Å²) in [6, 6.07) is 11.1. The molecule has 10 heteroatoms. The fourth-order valence-electron chi connectivity index (χ4n) is 3.04. The number of hydrogen-bond acceptors (Lipinski definition) is 6. The highest BCUT2D eigenvalue weighted by molar-refractivity contribution is 5.98. The molecule has 0 aliphatic rings. The average Bonchev–Trinajstić information content (AvgIpc) is 2.77. The Morgan fingerprint density at radius 2 is 1.62 bits per heavy atom. The Morgan fingerprint density at radius 1 is 1.00 bits per heavy atom. The molecule has 3 rings (SSSR count). The van der Waals surface area contributed by atoms with Crippen LogP contribution in [0, 0.1) is 0 Å². The number of nitrogens with one attached hydrogen (secondary N) is 2. The number of aliphatic hydroxyl groups is 1. The lowest BCUT2D eigenvalue weighted by Crippen LogP contribution is -2.30. The summed E-state index contributed by atoms with van der Waals surface area (Å²) in [5.74, 6) is -1.43. The Hall–Kier alpha value is -3.76. The minimum Gasteiger partial charge on any atom is -0.477 e. The molecule has 6 N–H and O–H groups in total. The van der Waals surface area contributed by atoms with Gasteiger partial charge in [-0.25, -0.2) is 9.59 Å². The molecular weight excluding hydrogens is 416 g/mol. The molecule has 1 heterocycles. The summed E-state index contributed by atoms with van der Waals surface area (Å²) in [7, 11) is 3.39. The van der Waals surface area contributed by atoms with E-state index in [0.717, 1.165) is 16.3 Å². The van der Waals surface area contributed by atoms with Crippen molar-refractivity contribution < 1.29 is 19.8 Å². The highest BCUT2D eigenvalue weighted by Crippen LogP contribution is 2.20. The molecule has 0 aliphatic heterocycles. The van der Waals surface area contributed by atoms with E-state index >= 15 is 0 Å². The number of carboxylic acid groups (broad SMARTS) is 1. The predicted octanol–water partition coefficient (Wildman–Crippen LogP) is 0.339. The van der Waals surface area contributed by atoms with Gasteiger partial charge in [-0.05, 0) is 41.3 Å². The van der Waals surface area contributed by atoms with Crippen LogP contribution in [-0.4, -0.2) is 64.2 Å². The van der Waals surface area contributed by atoms with Crippen LogP contribution in [0.4, 0.5) is 0 Å². The second kappa shape index (κ2) is 11.0. The molecule has 0 fully saturated rings. The van der Waals surface area contributed by atoms with Gasteiger partial charge in [0.1, 0.15) is 5.69 Å². The monoisotopic (exact) mass is 442 g/mol. The van der Waals surface area contributed by atoms with Gasteiger partial charge < -0.3 is 25.8 Å². The van der Waals surface area contributed by atoms with Crippen LogP contribution in [0.5, 0.6) is 0 Å². The van der Waals surface area contributed by atoms with E-state index in [1.807, 2.05) is 30.3 Å². The highest BCUT2D eigenvalue weighted by Gasteiger charge is 2.15. The third kappa shape index (κ3) is 6.13. The molecule has 10 nitrogen and oxygen atoms in total. The number of aryl methyl sites for hydroxylation is 1. The predicted molar refractivity (Wildman–Crippen MR) is 120 cm³/mol. The quantitative estimate of drug-likeness (QED) is 0.366. The van der Waals surface area contributed by atoms with Crippen LogP contribution in [0.3, 0.4) is 0 Å². The average molecular weight is 442 g/mol. The van der Waals surface area contributed by atoms with Gasteiger partial charge in [0.25, 0.3) is 11.5 Å². The second-order valence-electron chi connectivity index (χ2n) is 7.18. The molecule has 0 radical (unpaired) electrons. The Kier molecular flexibility index (Phi) is 8.45. The smallest absolute Gasteiger partial charge is 0.352 e. The standard InChI is InChI=1S/C20H19N3O5.C2H7NO/c1-23(2)18(25)14-7-6-12-9-11(3-5-13(12)10-14)4-8-15-16(19(26)27)21-20(28)22-17(15)24;3-1-2-4/h3,5-7,9-10H,4,8H2,1-2H3,(H,26,27)(H2,21,22,24,28);4H,1-3H2. The number of hydrogen-bond donors (Lipinski definition) is 5. The molecule has 2 aromatic carbocycles. The third-order valence-corrected chi connectivity index (χ3v) is 4.61. The van der Waals surface area contributed by atoms with Gasteiger partial charge in [0.2, 0.25) is 0 Å². The van der Waals surface area contributed by atoms with Crippen molar-refractivity contribution in [2.45, 2.75) is 12.8 Å². The topological polar surface area (TPSA) is 170 Å². The minimum atomic E-state index is -1.35. The lowest BCUT2D eigenvalue weighted by molar-refractivity contribution is 0.0687. The summed E-state index contributed by atoms with van der Waals surface area (Å²) in [6.45, 7) is 0.472. The molecular formula is C22H26N4O6. The van der Waals surface area contributed by atoms with Crippen LogP contribution >= 0.6 is 0 Å². The van der Waals surface area contributed by atoms with Crippen LogP contribution in [0.15, 0.2) is 46.0 Å². The first-order valence-electron chi connectivity index (χ1n) is 9.82. The molecule has 0 atom stereocenters. The number of nitrogens with zero attached hydrogens (tertiary/aromatic N) is 1. The van der Waals surface area contributed by atoms with Gasteiger partial charge in [0.05, 0.1) is 6.61 Å². The molecule has 32 heavy (non-hydrogen) atoms. The number of fused-ring (bicyclic) bond motifs is 1. The van der Waals surface area contributed by atoms with Crippen molar-refractivity contribution in [1.29, 1.82) is 0 Å². The first-order valence-corrected chi connectivity index (χ1v) is 9.82. The van der Waals surface area contributed by atoms with E-state index in [4.69, 9.17) is 10.8 Å². The molecule has 1 amide bonds. The van der Waals surface area contributed by atoms with Crippen LogP contribution < -0.4 is 17.0 Å². The van der Waals surface area contributed by atoms with Gasteiger partial charge in [-0.2, -0.15) is 0 Å². The zero-order valence-corrected chi connectivity index (χ0v) is 17.8. The summed E-state index contributed by atoms with van der Waals surface area (Å²) < 4.78 is 0. The number of nitrogens with two attached hydrogens (primary N) is 1. The Labute approximate surface area is 183 Å². The Morgan fingerprint density at radius 3 is 2.22 bits per heavy atom. The first-order chi connectivity index (χ1) is 15.2. The summed E-state index contributed by atoms with van der Waals surface area (Å²) in [4.78, 5) is 52.4. The second-order valence-corrected chi connectivity index (χ2v) is 7.18. The zero-order valence-electron chi connectivity index (χ0n) is 17.8. The molecule has 0 saturated carbocycles. The SMILES string of the molecule is CN(C)C(=O)c1ccc2cc(CCc3c(C(=O)O)[nH]c(=O)[nH]c3=O)ccc2c1.NCCO. The van der Waals surface area contributed by atoms with E-state index in [-0.39, 0.29) is 30.2 Å². The number of carbonyl (C=O) groups is 2. The maximum Gasteiger partial charge on any atom is 0.352 e. The van der Waals surface area contributed by atoms with Crippen LogP contribution in [0.1, 0.15) is 32.0 Å². The van der Waals surface area contributed by atoms with Gasteiger partial charge in [-0.15, -0.1) is 0 Å². The van der Waals surface area contributed by atoms with Crippen molar-refractivity contribution >= 4 is 22.6 Å². The van der Waals surface area contributed by atoms with Gasteiger partial charge >= 0.3 is 11.7 Å². The number of carbonyl (C=O) groups excluding carboxylic acids is 1. The minimum absolute atomic E-state index is 0.0270. The maximum absolute atomic E-state index is 12.1. The van der Waals surface area contributed by atoms with Crippen molar-refractivity contribution in [1.82, 2.24) is 14.9 Å². The molecule has 3 aromatic rings. The van der Waals surface area contributed by atoms with Crippen molar-refractivity contribution in [2.24, 2.45) is 5.73 Å². The Bertz CT molecular complexity index is 1230. The van der Waals surface area contributed by atoms with Crippen molar-refractivity contribution in [3.63, 3.8) is 0 Å². The summed E-state index contributed by atoms with van der Waals surface area (Å²) in [5.41, 5.74) is 4.37. The van der Waals surface area contributed by atoms with E-state index < -0.39 is 17.2 Å². The van der Waals surface area contributed by atoms with E-state index in [9.17, 15) is 24.3 Å². The van der Waals surface area contributed by atoms with Crippen molar-refractivity contribution in [2.75, 3.05) is 27.2 Å². The largest absolute Gasteiger partial charge is 0.477 e. The molecule has 0 spiro atoms. The molecule has 0 unspecified atom stereocenters. The summed E-state index contributed by atoms with van der Waals surface area (Å²) in [6.07, 6.45) is 0.584. The first kappa shape index (κ1) is 24.5. The number of H-pyrrole nitrogens is 2. The lowest BCUT2D eigenvalue weighted by Gasteiger charge is -2.11. The normalized spacial score (nSPS) is 10.4. The maximum atomic E-state index is 12.1. The molecule has 1 aromatic heterocycles. The third-order valence-electron chi connectivity index (χ3n) is 4.61. The molecule has 0 bridgehead atoms. The van der Waals surface area contributed by atoms with Crippen molar-refractivity contribution in [3.8, 4) is 0 Å². The van der Waals surface area contributed by atoms with Crippen LogP contribution in [0.25, 0.3) is 10.8 Å². The number of amides is 1. The Balaban J connectivity index is 0.000000837. The van der Waals surface area contributed by atoms with Crippen LogP contribution in [-0.2, 0) is 12.8 Å². The van der Waals surface area contributed by atoms with Crippen molar-refractivity contribution in [3.05, 3.63) is 79.6 Å². The van der Waals surface area contributed by atoms with E-state index in [2.05, 4.69) is 9.97 Å². The molecule has 0 aliphatic carbocycles. The number of rotatable bonds is 6. The van der Waals surface area contributed by atoms with Gasteiger partial charge in [0.15, 0.2) is 0 Å². The van der Waals surface area contributed by atoms with Crippen LogP contribution in [0.2, 0.25) is 0 Å². The van der Waals surface area contributed by atoms with Gasteiger partial charge in [-0.3, -0.25) is 14.6 Å². The van der Waals surface area contributed by atoms with Gasteiger partial charge in [-0.1, -0.05) is 24.3 Å². The number of aromatic amines is 2. The lowest BCUT2D eigenvalue weighted by atomic mass is 9.99. The number of aromatic carboxylic acids is 1. The number of aromatic nitrogens is 2. The van der Waals surface area contributed by atoms with E-state index in [1.54, 1.807) is 20.2 Å².